The Balaban J connectivity index is 1.14. The molecule has 0 bridgehead atoms. The standard InChI is InChI=1S/C55H37N3/c1-4-16-38(17-5-1)46-34-47(39-18-6-2-7-19-39)36-48(35-46)42-23-14-24-43(32-42)52-37-53(51-29-13-12-27-49(51)40-20-8-3-9-21-40)58-55(57-52)45-26-15-25-44(33-45)54-50-28-11-10-22-41(50)30-31-56-54/h1-37H. The Labute approximate surface area is 338 Å². The quantitative estimate of drug-likeness (QED) is 0.156. The highest BCUT2D eigenvalue weighted by Gasteiger charge is 2.16. The Bertz CT molecular complexity index is 2980. The van der Waals surface area contributed by atoms with Crippen LogP contribution in [0, 0.1) is 0 Å². The normalized spacial score (nSPS) is 11.1. The van der Waals surface area contributed by atoms with Gasteiger partial charge in [0.1, 0.15) is 0 Å². The topological polar surface area (TPSA) is 38.7 Å². The molecule has 10 aromatic rings. The van der Waals surface area contributed by atoms with Gasteiger partial charge in [0.2, 0.25) is 0 Å². The van der Waals surface area contributed by atoms with Crippen molar-refractivity contribution < 1.29 is 0 Å². The van der Waals surface area contributed by atoms with Crippen LogP contribution in [0.3, 0.4) is 0 Å². The van der Waals surface area contributed by atoms with Crippen LogP contribution in [0.2, 0.25) is 0 Å². The van der Waals surface area contributed by atoms with Gasteiger partial charge in [-0.25, -0.2) is 9.97 Å². The van der Waals surface area contributed by atoms with Gasteiger partial charge in [0.15, 0.2) is 5.82 Å². The lowest BCUT2D eigenvalue weighted by Crippen LogP contribution is -1.98. The molecule has 0 N–H and O–H groups in total. The highest BCUT2D eigenvalue weighted by molar-refractivity contribution is 5.95. The van der Waals surface area contributed by atoms with Gasteiger partial charge in [-0.1, -0.05) is 176 Å². The number of pyridine rings is 1. The summed E-state index contributed by atoms with van der Waals surface area (Å²) < 4.78 is 0. The number of hydrogen-bond donors (Lipinski definition) is 0. The first-order valence-corrected chi connectivity index (χ1v) is 19.6. The van der Waals surface area contributed by atoms with Crippen molar-refractivity contribution in [3.05, 3.63) is 225 Å². The molecule has 2 aromatic heterocycles. The van der Waals surface area contributed by atoms with Gasteiger partial charge in [0.25, 0.3) is 0 Å². The smallest absolute Gasteiger partial charge is 0.160 e. The molecule has 0 fully saturated rings. The number of hydrogen-bond acceptors (Lipinski definition) is 3. The fourth-order valence-electron chi connectivity index (χ4n) is 7.84. The molecule has 0 saturated heterocycles. The van der Waals surface area contributed by atoms with Crippen molar-refractivity contribution in [1.82, 2.24) is 15.0 Å². The van der Waals surface area contributed by atoms with E-state index in [1.165, 1.54) is 22.3 Å². The zero-order chi connectivity index (χ0) is 38.7. The summed E-state index contributed by atoms with van der Waals surface area (Å²) in [6, 6.07) is 76.9. The summed E-state index contributed by atoms with van der Waals surface area (Å²) in [5, 5.41) is 2.26. The lowest BCUT2D eigenvalue weighted by atomic mass is 9.92. The maximum Gasteiger partial charge on any atom is 0.160 e. The Morgan fingerprint density at radius 1 is 0.276 bits per heavy atom. The molecule has 272 valence electrons. The minimum Gasteiger partial charge on any atom is -0.256 e. The monoisotopic (exact) mass is 739 g/mol. The van der Waals surface area contributed by atoms with Gasteiger partial charge in [-0.3, -0.25) is 4.98 Å². The van der Waals surface area contributed by atoms with Crippen molar-refractivity contribution in [3.63, 3.8) is 0 Å². The average Bonchev–Trinajstić information content (AvgIpc) is 3.32. The number of fused-ring (bicyclic) bond motifs is 1. The summed E-state index contributed by atoms with van der Waals surface area (Å²) in [4.78, 5) is 15.5. The molecule has 0 aliphatic heterocycles. The Hall–Kier alpha value is -7.75. The SMILES string of the molecule is c1ccc(-c2cc(-c3ccccc3)cc(-c3cccc(-c4cc(-c5ccccc5-c5ccccc5)nc(-c5cccc(-c6nccc7ccccc67)c5)n4)c3)c2)cc1. The maximum atomic E-state index is 5.33. The van der Waals surface area contributed by atoms with E-state index in [9.17, 15) is 0 Å². The average molecular weight is 740 g/mol. The third-order valence-electron chi connectivity index (χ3n) is 10.7. The molecule has 0 radical (unpaired) electrons. The molecule has 2 heterocycles. The van der Waals surface area contributed by atoms with Gasteiger partial charge < -0.3 is 0 Å². The van der Waals surface area contributed by atoms with Gasteiger partial charge in [0.05, 0.1) is 17.1 Å². The summed E-state index contributed by atoms with van der Waals surface area (Å²) in [6.07, 6.45) is 1.88. The fourth-order valence-corrected chi connectivity index (χ4v) is 7.84. The first kappa shape index (κ1) is 34.7. The summed E-state index contributed by atoms with van der Waals surface area (Å²) in [6.45, 7) is 0. The summed E-state index contributed by atoms with van der Waals surface area (Å²) in [5.41, 5.74) is 15.9. The van der Waals surface area contributed by atoms with E-state index >= 15 is 0 Å². The number of benzene rings is 8. The molecule has 0 amide bonds. The first-order chi connectivity index (χ1) is 28.7. The van der Waals surface area contributed by atoms with Crippen LogP contribution in [0.4, 0.5) is 0 Å². The number of nitrogens with zero attached hydrogens (tertiary/aromatic N) is 3. The predicted molar refractivity (Wildman–Crippen MR) is 241 cm³/mol. The van der Waals surface area contributed by atoms with E-state index < -0.39 is 0 Å². The van der Waals surface area contributed by atoms with Crippen LogP contribution in [0.1, 0.15) is 0 Å². The molecule has 0 aliphatic carbocycles. The zero-order valence-corrected chi connectivity index (χ0v) is 31.7. The van der Waals surface area contributed by atoms with E-state index in [2.05, 4.69) is 218 Å². The van der Waals surface area contributed by atoms with E-state index in [1.54, 1.807) is 0 Å². The minimum atomic E-state index is 0.653. The maximum absolute atomic E-state index is 5.33. The second-order valence-corrected chi connectivity index (χ2v) is 14.4. The predicted octanol–water partition coefficient (Wildman–Crippen LogP) is 14.4. The van der Waals surface area contributed by atoms with Crippen molar-refractivity contribution in [2.45, 2.75) is 0 Å². The van der Waals surface area contributed by atoms with E-state index in [0.717, 1.165) is 72.4 Å². The third-order valence-corrected chi connectivity index (χ3v) is 10.7. The molecular weight excluding hydrogens is 703 g/mol. The van der Waals surface area contributed by atoms with Crippen molar-refractivity contribution in [2.75, 3.05) is 0 Å². The van der Waals surface area contributed by atoms with E-state index in [1.807, 2.05) is 6.20 Å². The second kappa shape index (κ2) is 15.4. The van der Waals surface area contributed by atoms with Crippen LogP contribution >= 0.6 is 0 Å². The molecular formula is C55H37N3. The summed E-state index contributed by atoms with van der Waals surface area (Å²) in [7, 11) is 0. The molecule has 8 aromatic carbocycles. The van der Waals surface area contributed by atoms with Crippen LogP contribution in [0.5, 0.6) is 0 Å². The van der Waals surface area contributed by atoms with Crippen LogP contribution in [0.15, 0.2) is 225 Å². The largest absolute Gasteiger partial charge is 0.256 e. The van der Waals surface area contributed by atoms with Gasteiger partial charge in [-0.2, -0.15) is 0 Å². The number of rotatable bonds is 8. The van der Waals surface area contributed by atoms with Crippen molar-refractivity contribution in [3.8, 4) is 89.7 Å². The molecule has 0 unspecified atom stereocenters. The van der Waals surface area contributed by atoms with Crippen LogP contribution in [0.25, 0.3) is 100 Å². The molecule has 0 aliphatic rings. The minimum absolute atomic E-state index is 0.653. The highest BCUT2D eigenvalue weighted by atomic mass is 14.9. The van der Waals surface area contributed by atoms with E-state index in [0.29, 0.717) is 5.82 Å². The Morgan fingerprint density at radius 2 is 0.759 bits per heavy atom. The fraction of sp³-hybridized carbons (Fsp3) is 0. The van der Waals surface area contributed by atoms with Gasteiger partial charge >= 0.3 is 0 Å². The molecule has 0 atom stereocenters. The number of aromatic nitrogens is 3. The second-order valence-electron chi connectivity index (χ2n) is 14.4. The van der Waals surface area contributed by atoms with E-state index in [-0.39, 0.29) is 0 Å². The molecule has 58 heavy (non-hydrogen) atoms. The first-order valence-electron chi connectivity index (χ1n) is 19.6. The Morgan fingerprint density at radius 3 is 1.47 bits per heavy atom. The molecule has 0 saturated carbocycles. The van der Waals surface area contributed by atoms with Crippen molar-refractivity contribution in [2.24, 2.45) is 0 Å². The summed E-state index contributed by atoms with van der Waals surface area (Å²) >= 11 is 0. The zero-order valence-electron chi connectivity index (χ0n) is 31.7. The lowest BCUT2D eigenvalue weighted by Gasteiger charge is -2.15. The third kappa shape index (κ3) is 6.98. The highest BCUT2D eigenvalue weighted by Crippen LogP contribution is 2.38. The summed E-state index contributed by atoms with van der Waals surface area (Å²) in [5.74, 6) is 0.653. The molecule has 3 heteroatoms. The Kier molecular flexibility index (Phi) is 9.23. The van der Waals surface area contributed by atoms with Gasteiger partial charge in [0, 0.05) is 33.8 Å². The molecule has 3 nitrogen and oxygen atoms in total. The molecule has 10 rings (SSSR count). The van der Waals surface area contributed by atoms with Crippen LogP contribution in [-0.4, -0.2) is 15.0 Å². The van der Waals surface area contributed by atoms with Crippen molar-refractivity contribution >= 4 is 10.8 Å². The van der Waals surface area contributed by atoms with Crippen LogP contribution < -0.4 is 0 Å². The van der Waals surface area contributed by atoms with Gasteiger partial charge in [-0.15, -0.1) is 0 Å². The van der Waals surface area contributed by atoms with Crippen LogP contribution in [-0.2, 0) is 0 Å². The van der Waals surface area contributed by atoms with Crippen molar-refractivity contribution in [1.29, 1.82) is 0 Å². The molecule has 0 spiro atoms. The van der Waals surface area contributed by atoms with E-state index in [4.69, 9.17) is 15.0 Å². The lowest BCUT2D eigenvalue weighted by molar-refractivity contribution is 1.18. The van der Waals surface area contributed by atoms with Gasteiger partial charge in [-0.05, 0) is 92.4 Å².